The molecule has 0 amide bonds. The van der Waals surface area contributed by atoms with E-state index in [4.69, 9.17) is 11.6 Å². The van der Waals surface area contributed by atoms with Gasteiger partial charge in [0.25, 0.3) is 10.0 Å². The number of pyridine rings is 1. The van der Waals surface area contributed by atoms with Gasteiger partial charge in [-0.25, -0.2) is 22.5 Å². The third kappa shape index (κ3) is 2.75. The predicted molar refractivity (Wildman–Crippen MR) is 61.8 cm³/mol. The Bertz CT molecular complexity index is 517. The van der Waals surface area contributed by atoms with E-state index in [0.29, 0.717) is 5.88 Å². The largest absolute Gasteiger partial charge is 0.261 e. The molecule has 1 saturated carbocycles. The van der Waals surface area contributed by atoms with Crippen LogP contribution in [0.2, 0.25) is 0 Å². The Morgan fingerprint density at radius 2 is 2.24 bits per heavy atom. The first-order valence-corrected chi connectivity index (χ1v) is 7.17. The topological polar surface area (TPSA) is 59.1 Å². The van der Waals surface area contributed by atoms with Gasteiger partial charge in [-0.3, -0.25) is 0 Å². The molecule has 1 aromatic heterocycles. The molecule has 2 rings (SSSR count). The van der Waals surface area contributed by atoms with E-state index >= 15 is 0 Å². The van der Waals surface area contributed by atoms with Crippen LogP contribution in [0.1, 0.15) is 12.8 Å². The van der Waals surface area contributed by atoms with E-state index in [9.17, 15) is 12.8 Å². The maximum Gasteiger partial charge on any atom is 0.261 e. The van der Waals surface area contributed by atoms with Crippen LogP contribution in [0.25, 0.3) is 0 Å². The van der Waals surface area contributed by atoms with E-state index in [1.165, 1.54) is 12.3 Å². The summed E-state index contributed by atoms with van der Waals surface area (Å²) in [7, 11) is -3.89. The van der Waals surface area contributed by atoms with E-state index < -0.39 is 20.9 Å². The second-order valence-corrected chi connectivity index (χ2v) is 6.20. The first-order chi connectivity index (χ1) is 7.99. The average molecular weight is 279 g/mol. The lowest BCUT2D eigenvalue weighted by Crippen LogP contribution is -2.32. The number of aromatic nitrogens is 1. The fraction of sp³-hybridized carbons (Fsp3) is 0.500. The lowest BCUT2D eigenvalue weighted by atomic mass is 10.1. The van der Waals surface area contributed by atoms with E-state index in [0.717, 1.165) is 18.9 Å². The minimum absolute atomic E-state index is 0.153. The lowest BCUT2D eigenvalue weighted by Gasteiger charge is -2.12. The number of nitrogens with zero attached hydrogens (tertiary/aromatic N) is 1. The summed E-state index contributed by atoms with van der Waals surface area (Å²) in [5, 5.41) is -0.564. The standard InChI is InChI=1S/C10H12ClFN2O2S/c11-6-10(3-4-10)7-14-17(15,16)9-8(12)2-1-5-13-9/h1-2,5,14H,3-4,6-7H2. The van der Waals surface area contributed by atoms with Crippen LogP contribution in [-0.2, 0) is 10.0 Å². The van der Waals surface area contributed by atoms with Gasteiger partial charge in [0.05, 0.1) is 0 Å². The van der Waals surface area contributed by atoms with Crippen LogP contribution in [0, 0.1) is 11.2 Å². The molecule has 1 aromatic rings. The molecule has 7 heteroatoms. The Labute approximate surface area is 104 Å². The molecular weight excluding hydrogens is 267 g/mol. The third-order valence-corrected chi connectivity index (χ3v) is 4.76. The minimum atomic E-state index is -3.89. The molecule has 0 aromatic carbocycles. The average Bonchev–Trinajstić information content (AvgIpc) is 3.08. The van der Waals surface area contributed by atoms with Crippen molar-refractivity contribution in [3.8, 4) is 0 Å². The number of hydrogen-bond donors (Lipinski definition) is 1. The predicted octanol–water partition coefficient (Wildman–Crippen LogP) is 1.52. The monoisotopic (exact) mass is 278 g/mol. The van der Waals surface area contributed by atoms with Crippen molar-refractivity contribution in [3.63, 3.8) is 0 Å². The Kier molecular flexibility index (Phi) is 3.38. The maximum atomic E-state index is 13.3. The number of alkyl halides is 1. The zero-order valence-corrected chi connectivity index (χ0v) is 10.6. The van der Waals surface area contributed by atoms with Crippen molar-refractivity contribution in [2.45, 2.75) is 17.9 Å². The van der Waals surface area contributed by atoms with Gasteiger partial charge in [0.2, 0.25) is 5.03 Å². The Balaban J connectivity index is 2.12. The highest BCUT2D eigenvalue weighted by Crippen LogP contribution is 2.46. The second kappa shape index (κ2) is 4.51. The van der Waals surface area contributed by atoms with Gasteiger partial charge in [-0.2, -0.15) is 0 Å². The van der Waals surface area contributed by atoms with Crippen LogP contribution < -0.4 is 4.72 Å². The normalized spacial score (nSPS) is 18.0. The number of halogens is 2. The molecule has 0 saturated heterocycles. The van der Waals surface area contributed by atoms with E-state index in [1.807, 2.05) is 0 Å². The highest BCUT2D eigenvalue weighted by atomic mass is 35.5. The van der Waals surface area contributed by atoms with E-state index in [2.05, 4.69) is 9.71 Å². The summed E-state index contributed by atoms with van der Waals surface area (Å²) in [6.45, 7) is 0.231. The summed E-state index contributed by atoms with van der Waals surface area (Å²) in [5.74, 6) is -0.448. The summed E-state index contributed by atoms with van der Waals surface area (Å²) >= 11 is 5.74. The Morgan fingerprint density at radius 3 is 2.76 bits per heavy atom. The van der Waals surface area contributed by atoms with Crippen LogP contribution >= 0.6 is 11.6 Å². The molecule has 0 atom stereocenters. The van der Waals surface area contributed by atoms with Crippen LogP contribution in [0.3, 0.4) is 0 Å². The molecule has 0 bridgehead atoms. The van der Waals surface area contributed by atoms with Crippen LogP contribution in [0.5, 0.6) is 0 Å². The number of nitrogens with one attached hydrogen (secondary N) is 1. The van der Waals surface area contributed by atoms with Gasteiger partial charge in [-0.15, -0.1) is 11.6 Å². The summed E-state index contributed by atoms with van der Waals surface area (Å²) in [6, 6.07) is 2.41. The van der Waals surface area contributed by atoms with Crippen LogP contribution in [0.15, 0.2) is 23.4 Å². The van der Waals surface area contributed by atoms with Crippen molar-refractivity contribution in [2.24, 2.45) is 5.41 Å². The van der Waals surface area contributed by atoms with Gasteiger partial charge in [-0.1, -0.05) is 0 Å². The maximum absolute atomic E-state index is 13.3. The summed E-state index contributed by atoms with van der Waals surface area (Å²) < 4.78 is 39.2. The molecule has 0 unspecified atom stereocenters. The molecule has 1 N–H and O–H groups in total. The molecule has 1 aliphatic rings. The highest BCUT2D eigenvalue weighted by molar-refractivity contribution is 7.89. The highest BCUT2D eigenvalue weighted by Gasteiger charge is 2.42. The summed E-state index contributed by atoms with van der Waals surface area (Å²) in [5.41, 5.74) is -0.153. The van der Waals surface area contributed by atoms with Crippen molar-refractivity contribution in [3.05, 3.63) is 24.1 Å². The number of sulfonamides is 1. The fourth-order valence-corrected chi connectivity index (χ4v) is 2.94. The summed E-state index contributed by atoms with van der Waals surface area (Å²) in [4.78, 5) is 3.54. The van der Waals surface area contributed by atoms with Gasteiger partial charge < -0.3 is 0 Å². The molecule has 1 heterocycles. The van der Waals surface area contributed by atoms with E-state index in [-0.39, 0.29) is 12.0 Å². The van der Waals surface area contributed by atoms with Gasteiger partial charge >= 0.3 is 0 Å². The smallest absolute Gasteiger partial charge is 0.241 e. The first kappa shape index (κ1) is 12.7. The molecular formula is C10H12ClFN2O2S. The molecule has 1 fully saturated rings. The zero-order chi connectivity index (χ0) is 12.5. The SMILES string of the molecule is O=S(=O)(NCC1(CCl)CC1)c1ncccc1F. The molecule has 94 valence electrons. The van der Waals surface area contributed by atoms with Crippen molar-refractivity contribution in [1.82, 2.24) is 9.71 Å². The summed E-state index contributed by atoms with van der Waals surface area (Å²) in [6.07, 6.45) is 3.03. The van der Waals surface area contributed by atoms with Crippen molar-refractivity contribution in [2.75, 3.05) is 12.4 Å². The molecule has 0 aliphatic heterocycles. The minimum Gasteiger partial charge on any atom is -0.241 e. The molecule has 17 heavy (non-hydrogen) atoms. The number of hydrogen-bond acceptors (Lipinski definition) is 3. The first-order valence-electron chi connectivity index (χ1n) is 5.15. The fourth-order valence-electron chi connectivity index (χ4n) is 1.42. The third-order valence-electron chi connectivity index (χ3n) is 2.86. The quantitative estimate of drug-likeness (QED) is 0.831. The van der Waals surface area contributed by atoms with Crippen LogP contribution in [0.4, 0.5) is 4.39 Å². The van der Waals surface area contributed by atoms with Gasteiger partial charge in [0.15, 0.2) is 5.82 Å². The van der Waals surface area contributed by atoms with Crippen molar-refractivity contribution in [1.29, 1.82) is 0 Å². The second-order valence-electron chi connectivity index (χ2n) is 4.25. The Morgan fingerprint density at radius 1 is 1.53 bits per heavy atom. The van der Waals surface area contributed by atoms with E-state index in [1.54, 1.807) is 0 Å². The molecule has 0 radical (unpaired) electrons. The number of rotatable bonds is 5. The Hall–Kier alpha value is -0.720. The zero-order valence-electron chi connectivity index (χ0n) is 8.99. The van der Waals surface area contributed by atoms with Gasteiger partial charge in [0.1, 0.15) is 0 Å². The molecule has 1 aliphatic carbocycles. The van der Waals surface area contributed by atoms with Crippen molar-refractivity contribution < 1.29 is 12.8 Å². The van der Waals surface area contributed by atoms with Crippen molar-refractivity contribution >= 4 is 21.6 Å². The van der Waals surface area contributed by atoms with Gasteiger partial charge in [-0.05, 0) is 30.4 Å². The molecule has 0 spiro atoms. The van der Waals surface area contributed by atoms with Gasteiger partial charge in [0, 0.05) is 18.6 Å². The molecule has 4 nitrogen and oxygen atoms in total. The van der Waals surface area contributed by atoms with Crippen LogP contribution in [-0.4, -0.2) is 25.8 Å². The lowest BCUT2D eigenvalue weighted by molar-refractivity contribution is 0.519.